The van der Waals surface area contributed by atoms with Gasteiger partial charge in [0.15, 0.2) is 0 Å². The lowest BCUT2D eigenvalue weighted by Gasteiger charge is -2.31. The molecule has 0 aliphatic carbocycles. The zero-order valence-corrected chi connectivity index (χ0v) is 50.8. The lowest BCUT2D eigenvalue weighted by molar-refractivity contribution is -0.140. The number of ether oxygens (including phenoxy) is 1. The first-order valence-corrected chi connectivity index (χ1v) is 29.8. The van der Waals surface area contributed by atoms with Gasteiger partial charge in [0.1, 0.15) is 33.2 Å². The summed E-state index contributed by atoms with van der Waals surface area (Å²) in [6.07, 6.45) is 2.58. The molecule has 0 saturated carbocycles. The smallest absolute Gasteiger partial charge is 0.446 e. The number of aryl methyl sites for hydroxylation is 2. The number of carboxylic acid groups (broad SMARTS) is 1. The van der Waals surface area contributed by atoms with E-state index < -0.39 is 23.0 Å². The Kier molecular flexibility index (Phi) is 20.2. The molecule has 6 heterocycles. The number of alkyl halides is 6. The molecule has 0 radical (unpaired) electrons. The van der Waals surface area contributed by atoms with Crippen molar-refractivity contribution in [1.29, 1.82) is 0 Å². The van der Waals surface area contributed by atoms with Crippen LogP contribution in [0.4, 0.5) is 26.3 Å². The number of esters is 1. The summed E-state index contributed by atoms with van der Waals surface area (Å²) in [7, 11) is 1.32. The minimum atomic E-state index is -4.41. The molecule has 6 aromatic rings. The fourth-order valence-electron chi connectivity index (χ4n) is 9.29. The zero-order chi connectivity index (χ0) is 59.5. The van der Waals surface area contributed by atoms with Crippen LogP contribution in [0.1, 0.15) is 123 Å². The molecule has 8 rings (SSSR count). The van der Waals surface area contributed by atoms with Gasteiger partial charge in [-0.05, 0) is 134 Å². The van der Waals surface area contributed by atoms with Crippen molar-refractivity contribution in [3.63, 3.8) is 0 Å². The zero-order valence-electron chi connectivity index (χ0n) is 46.0. The van der Waals surface area contributed by atoms with Crippen molar-refractivity contribution in [2.24, 2.45) is 0 Å². The lowest BCUT2D eigenvalue weighted by atomic mass is 9.86. The van der Waals surface area contributed by atoms with E-state index in [-0.39, 0.29) is 93.7 Å². The van der Waals surface area contributed by atoms with Crippen LogP contribution in [0.3, 0.4) is 0 Å². The van der Waals surface area contributed by atoms with Crippen molar-refractivity contribution in [2.45, 2.75) is 150 Å². The molecule has 2 amide bonds. The summed E-state index contributed by atoms with van der Waals surface area (Å²) in [6, 6.07) is 13.3. The van der Waals surface area contributed by atoms with E-state index in [1.54, 1.807) is 45.7 Å². The molecule has 0 atom stereocenters. The average Bonchev–Trinajstić information content (AvgIpc) is 4.20. The van der Waals surface area contributed by atoms with Crippen molar-refractivity contribution in [3.8, 4) is 22.5 Å². The molecular weight excluding hydrogens is 1180 g/mol. The second-order valence-corrected chi connectivity index (χ2v) is 27.5. The van der Waals surface area contributed by atoms with E-state index in [9.17, 15) is 45.5 Å². The first kappa shape index (κ1) is 63.4. The van der Waals surface area contributed by atoms with Crippen LogP contribution in [0.25, 0.3) is 22.5 Å². The van der Waals surface area contributed by atoms with E-state index in [0.29, 0.717) is 94.4 Å². The average molecular weight is 1240 g/mol. The van der Waals surface area contributed by atoms with Gasteiger partial charge in [0.2, 0.25) is 11.8 Å². The second-order valence-electron chi connectivity index (χ2n) is 21.9. The molecule has 438 valence electrons. The Morgan fingerprint density at radius 3 is 1.32 bits per heavy atom. The van der Waals surface area contributed by atoms with E-state index in [0.717, 1.165) is 32.5 Å². The lowest BCUT2D eigenvalue weighted by Crippen LogP contribution is -2.40. The highest BCUT2D eigenvalue weighted by Crippen LogP contribution is 2.46. The predicted molar refractivity (Wildman–Crippen MR) is 304 cm³/mol. The summed E-state index contributed by atoms with van der Waals surface area (Å²) in [5, 5.41) is 19.2. The molecule has 4 aromatic heterocycles. The molecule has 14 nitrogen and oxygen atoms in total. The number of halogens is 8. The van der Waals surface area contributed by atoms with Crippen molar-refractivity contribution >= 4 is 93.2 Å². The monoisotopic (exact) mass is 1240 g/mol. The first-order valence-electron chi connectivity index (χ1n) is 25.8. The van der Waals surface area contributed by atoms with Crippen LogP contribution >= 0.6 is 69.4 Å². The van der Waals surface area contributed by atoms with Gasteiger partial charge in [-0.3, -0.25) is 28.5 Å². The summed E-state index contributed by atoms with van der Waals surface area (Å²) in [4.78, 5) is 61.7. The second kappa shape index (κ2) is 25.8. The molecular formula is C55H62Cl2F6N8O6S4. The molecule has 2 aliphatic rings. The Bertz CT molecular complexity index is 3260. The van der Waals surface area contributed by atoms with Gasteiger partial charge < -0.3 is 19.6 Å². The highest BCUT2D eigenvalue weighted by atomic mass is 35.5. The van der Waals surface area contributed by atoms with Crippen molar-refractivity contribution in [1.82, 2.24) is 39.3 Å². The molecule has 1 N–H and O–H groups in total. The highest BCUT2D eigenvalue weighted by Gasteiger charge is 2.34. The molecule has 2 aliphatic heterocycles. The number of amides is 2. The van der Waals surface area contributed by atoms with Crippen LogP contribution < -0.4 is 0 Å². The molecule has 0 unspecified atom stereocenters. The number of rotatable bonds is 14. The molecule has 2 aromatic carbocycles. The Morgan fingerprint density at radius 1 is 0.617 bits per heavy atom. The molecule has 2 saturated heterocycles. The Hall–Kier alpha value is -5.14. The third-order valence-corrected chi connectivity index (χ3v) is 17.9. The number of hydrogen-bond acceptors (Lipinski definition) is 13. The van der Waals surface area contributed by atoms with Crippen molar-refractivity contribution in [3.05, 3.63) is 101 Å². The number of nitrogens with zero attached hydrogens (tertiary/aromatic N) is 8. The number of thioether (sulfide) groups is 2. The van der Waals surface area contributed by atoms with E-state index >= 15 is 0 Å². The Labute approximate surface area is 492 Å². The van der Waals surface area contributed by atoms with E-state index in [1.165, 1.54) is 46.6 Å². The standard InChI is InChI=1S/C28H32ClF3N4O3S2.C27H30ClF3N4O3S2/c1-16-10-20(14-23(38)39-5)34-36(16)15-22(37)35-8-6-17(7-9-35)26-33-24(25(29)40-26)18-11-19(27(2,3)4)13-21(12-18)41-28(30,31)32;1-15-9-19(13-22(37)38)33-35(15)14-21(36)34-7-5-16(6-8-34)25-32-23(24(28)39-25)17-10-18(26(2,3)4)12-20(11-17)40-27(29,30)31/h10-13,17H,6-9,14-15H2,1-5H3;9-12,16H,5-8,13-14H2,1-4H3,(H,37,38). The van der Waals surface area contributed by atoms with Gasteiger partial charge in [-0.25, -0.2) is 9.97 Å². The number of carbonyl (C=O) groups excluding carboxylic acids is 3. The SMILES string of the molecule is COC(=O)Cc1cc(C)n(CC(=O)N2CCC(c3nc(-c4cc(SC(F)(F)F)cc(C(C)(C)C)c4)c(Cl)s3)CC2)n1.Cc1cc(CC(=O)O)nn1CC(=O)N1CCC(c2nc(-c3cc(SC(F)(F)F)cc(C(C)(C)C)c3)c(Cl)s2)CC1. The number of aromatic nitrogens is 6. The van der Waals surface area contributed by atoms with Gasteiger partial charge in [0.05, 0.1) is 41.4 Å². The van der Waals surface area contributed by atoms with Crippen LogP contribution in [0, 0.1) is 13.8 Å². The van der Waals surface area contributed by atoms with Gasteiger partial charge in [-0.2, -0.15) is 36.5 Å². The van der Waals surface area contributed by atoms with Crippen molar-refractivity contribution in [2.75, 3.05) is 33.3 Å². The normalized spacial score (nSPS) is 15.0. The number of piperidine rings is 2. The summed E-state index contributed by atoms with van der Waals surface area (Å²) in [5.41, 5.74) is -3.49. The number of methoxy groups -OCH3 is 1. The molecule has 2 fully saturated rings. The molecule has 0 spiro atoms. The fraction of sp³-hybridized carbons (Fsp3) is 0.491. The molecule has 81 heavy (non-hydrogen) atoms. The van der Waals surface area contributed by atoms with Crippen LogP contribution in [-0.2, 0) is 60.7 Å². The maximum atomic E-state index is 13.2. The Morgan fingerprint density at radius 2 is 0.988 bits per heavy atom. The third kappa shape index (κ3) is 17.5. The molecule has 0 bridgehead atoms. The van der Waals surface area contributed by atoms with Gasteiger partial charge >= 0.3 is 23.0 Å². The quantitative estimate of drug-likeness (QED) is 0.0624. The number of aliphatic carboxylic acids is 1. The number of carboxylic acids is 1. The number of carbonyl (C=O) groups is 4. The number of likely N-dealkylation sites (tertiary alicyclic amines) is 2. The van der Waals surface area contributed by atoms with Crippen LogP contribution in [-0.4, -0.2) is 112 Å². The van der Waals surface area contributed by atoms with Gasteiger partial charge in [-0.1, -0.05) is 64.7 Å². The highest BCUT2D eigenvalue weighted by molar-refractivity contribution is 8.00. The van der Waals surface area contributed by atoms with Crippen molar-refractivity contribution < 1.29 is 55.4 Å². The maximum Gasteiger partial charge on any atom is 0.446 e. The summed E-state index contributed by atoms with van der Waals surface area (Å²) >= 11 is 15.6. The largest absolute Gasteiger partial charge is 0.481 e. The minimum Gasteiger partial charge on any atom is -0.481 e. The number of hydrogen-bond donors (Lipinski definition) is 1. The van der Waals surface area contributed by atoms with Crippen LogP contribution in [0.5, 0.6) is 0 Å². The number of benzene rings is 2. The maximum absolute atomic E-state index is 13.2. The van der Waals surface area contributed by atoms with Gasteiger partial charge in [0, 0.05) is 70.3 Å². The summed E-state index contributed by atoms with van der Waals surface area (Å²) < 4.78 is 87.8. The van der Waals surface area contributed by atoms with Gasteiger partial charge in [-0.15, -0.1) is 22.7 Å². The van der Waals surface area contributed by atoms with E-state index in [1.807, 2.05) is 60.6 Å². The Balaban J connectivity index is 0.000000234. The summed E-state index contributed by atoms with van der Waals surface area (Å²) in [6.45, 7) is 17.5. The third-order valence-electron chi connectivity index (χ3n) is 13.7. The van der Waals surface area contributed by atoms with E-state index in [2.05, 4.69) is 14.9 Å². The minimum absolute atomic E-state index is 0.0335. The topological polar surface area (TPSA) is 166 Å². The predicted octanol–water partition coefficient (Wildman–Crippen LogP) is 13.9. The number of thiazole rings is 2. The van der Waals surface area contributed by atoms with E-state index in [4.69, 9.17) is 38.3 Å². The fourth-order valence-corrected chi connectivity index (χ4v) is 13.3. The first-order chi connectivity index (χ1) is 37.7. The van der Waals surface area contributed by atoms with Crippen LogP contribution in [0.15, 0.2) is 58.3 Å². The molecule has 26 heteroatoms. The summed E-state index contributed by atoms with van der Waals surface area (Å²) in [5.74, 6) is -1.38. The van der Waals surface area contributed by atoms with Crippen LogP contribution in [0.2, 0.25) is 8.67 Å². The van der Waals surface area contributed by atoms with Gasteiger partial charge in [0.25, 0.3) is 0 Å².